The number of unbranched alkanes of at least 4 members (excludes halogenated alkanes) is 13. The minimum Gasteiger partial charge on any atom is -0.394 e. The molecule has 4 heteroatoms. The molecule has 1 amide bonds. The zero-order chi connectivity index (χ0) is 39.3. The van der Waals surface area contributed by atoms with Gasteiger partial charge in [-0.05, 0) is 83.5 Å². The highest BCUT2D eigenvalue weighted by molar-refractivity contribution is 5.76. The summed E-state index contributed by atoms with van der Waals surface area (Å²) in [6, 6.07) is -0.546. The molecule has 0 spiro atoms. The summed E-state index contributed by atoms with van der Waals surface area (Å²) in [5.74, 6) is -0.0531. The van der Waals surface area contributed by atoms with Gasteiger partial charge in [0, 0.05) is 6.42 Å². The molecule has 0 radical (unpaired) electrons. The number of nitrogens with one attached hydrogen (secondary N) is 1. The minimum atomic E-state index is -0.668. The molecule has 2 unspecified atom stereocenters. The van der Waals surface area contributed by atoms with Crippen molar-refractivity contribution in [2.24, 2.45) is 0 Å². The number of amides is 1. The van der Waals surface area contributed by atoms with Crippen LogP contribution >= 0.6 is 0 Å². The highest BCUT2D eigenvalue weighted by Gasteiger charge is 2.19. The molecule has 0 saturated carbocycles. The maximum Gasteiger partial charge on any atom is 0.220 e. The van der Waals surface area contributed by atoms with E-state index in [1.165, 1.54) is 57.8 Å². The fourth-order valence-electron chi connectivity index (χ4n) is 5.94. The van der Waals surface area contributed by atoms with Crippen molar-refractivity contribution in [2.45, 2.75) is 193 Å². The van der Waals surface area contributed by atoms with Gasteiger partial charge in [-0.25, -0.2) is 0 Å². The van der Waals surface area contributed by atoms with Gasteiger partial charge in [-0.2, -0.15) is 0 Å². The van der Waals surface area contributed by atoms with Crippen LogP contribution < -0.4 is 5.32 Å². The summed E-state index contributed by atoms with van der Waals surface area (Å²) in [7, 11) is 0. The van der Waals surface area contributed by atoms with Gasteiger partial charge in [0.05, 0.1) is 18.8 Å². The Kier molecular flexibility index (Phi) is 42.0. The number of carbonyl (C=O) groups excluding carboxylic acids is 1. The van der Waals surface area contributed by atoms with Gasteiger partial charge in [-0.1, -0.05) is 200 Å². The summed E-state index contributed by atoms with van der Waals surface area (Å²) < 4.78 is 0. The Morgan fingerprint density at radius 2 is 0.815 bits per heavy atom. The molecule has 4 nitrogen and oxygen atoms in total. The third-order valence-electron chi connectivity index (χ3n) is 9.30. The molecule has 0 aromatic heterocycles. The summed E-state index contributed by atoms with van der Waals surface area (Å²) in [6.45, 7) is 4.18. The Balaban J connectivity index is 3.63. The van der Waals surface area contributed by atoms with Crippen LogP contribution in [0.1, 0.15) is 181 Å². The van der Waals surface area contributed by atoms with Gasteiger partial charge in [0.15, 0.2) is 0 Å². The molecule has 0 fully saturated rings. The lowest BCUT2D eigenvalue weighted by Gasteiger charge is -2.22. The van der Waals surface area contributed by atoms with Crippen LogP contribution in [0.15, 0.2) is 109 Å². The Bertz CT molecular complexity index is 1070. The number of aliphatic hydroxyl groups is 2. The Morgan fingerprint density at radius 3 is 1.22 bits per heavy atom. The predicted octanol–water partition coefficient (Wildman–Crippen LogP) is 14.0. The van der Waals surface area contributed by atoms with Crippen molar-refractivity contribution in [1.29, 1.82) is 0 Å². The molecular weight excluding hydrogens is 663 g/mol. The molecule has 0 aromatic carbocycles. The number of allylic oxidation sites excluding steroid dienone is 18. The molecule has 0 aliphatic heterocycles. The molecule has 0 aliphatic carbocycles. The number of carbonyl (C=O) groups is 1. The third kappa shape index (κ3) is 40.2. The number of aliphatic hydroxyl groups excluding tert-OH is 2. The lowest BCUT2D eigenvalue weighted by Crippen LogP contribution is -2.45. The Hall–Kier alpha value is -2.95. The molecule has 0 rings (SSSR count). The highest BCUT2D eigenvalue weighted by atomic mass is 16.3. The van der Waals surface area contributed by atoms with Crippen molar-refractivity contribution in [3.63, 3.8) is 0 Å². The quantitative estimate of drug-likeness (QED) is 0.0435. The van der Waals surface area contributed by atoms with Gasteiger partial charge in [-0.15, -0.1) is 0 Å². The second-order valence-electron chi connectivity index (χ2n) is 14.4. The van der Waals surface area contributed by atoms with Gasteiger partial charge >= 0.3 is 0 Å². The molecule has 306 valence electrons. The molecular formula is C50H83NO3. The van der Waals surface area contributed by atoms with E-state index in [9.17, 15) is 15.0 Å². The summed E-state index contributed by atoms with van der Waals surface area (Å²) in [5, 5.41) is 22.9. The lowest BCUT2D eigenvalue weighted by atomic mass is 10.0. The van der Waals surface area contributed by atoms with Crippen LogP contribution in [0.5, 0.6) is 0 Å². The minimum absolute atomic E-state index is 0.0531. The first-order valence-electron chi connectivity index (χ1n) is 22.1. The summed E-state index contributed by atoms with van der Waals surface area (Å²) in [6.07, 6.45) is 67.5. The third-order valence-corrected chi connectivity index (χ3v) is 9.30. The Morgan fingerprint density at radius 1 is 0.463 bits per heavy atom. The van der Waals surface area contributed by atoms with E-state index in [1.807, 2.05) is 0 Å². The van der Waals surface area contributed by atoms with Crippen molar-refractivity contribution < 1.29 is 15.0 Å². The zero-order valence-electron chi connectivity index (χ0n) is 34.9. The summed E-state index contributed by atoms with van der Waals surface area (Å²) in [5.41, 5.74) is 0. The van der Waals surface area contributed by atoms with E-state index in [4.69, 9.17) is 0 Å². The van der Waals surface area contributed by atoms with Crippen LogP contribution in [-0.2, 0) is 4.79 Å². The van der Waals surface area contributed by atoms with Crippen LogP contribution in [0, 0.1) is 0 Å². The van der Waals surface area contributed by atoms with Crippen LogP contribution in [0.25, 0.3) is 0 Å². The molecule has 2 atom stereocenters. The Labute approximate surface area is 334 Å². The second-order valence-corrected chi connectivity index (χ2v) is 14.4. The lowest BCUT2D eigenvalue weighted by molar-refractivity contribution is -0.123. The first-order chi connectivity index (χ1) is 26.7. The van der Waals surface area contributed by atoms with Crippen LogP contribution in [0.4, 0.5) is 0 Å². The fourth-order valence-corrected chi connectivity index (χ4v) is 5.94. The van der Waals surface area contributed by atoms with Gasteiger partial charge in [0.25, 0.3) is 0 Å². The van der Waals surface area contributed by atoms with Gasteiger partial charge in [0.2, 0.25) is 5.91 Å². The van der Waals surface area contributed by atoms with Crippen LogP contribution in [-0.4, -0.2) is 34.9 Å². The smallest absolute Gasteiger partial charge is 0.220 e. The van der Waals surface area contributed by atoms with E-state index < -0.39 is 12.1 Å². The number of hydrogen-bond donors (Lipinski definition) is 3. The predicted molar refractivity (Wildman–Crippen MR) is 239 cm³/mol. The summed E-state index contributed by atoms with van der Waals surface area (Å²) >= 11 is 0. The van der Waals surface area contributed by atoms with Gasteiger partial charge in [-0.3, -0.25) is 4.79 Å². The largest absolute Gasteiger partial charge is 0.394 e. The topological polar surface area (TPSA) is 69.6 Å². The maximum atomic E-state index is 12.3. The van der Waals surface area contributed by atoms with Gasteiger partial charge in [0.1, 0.15) is 0 Å². The van der Waals surface area contributed by atoms with E-state index in [1.54, 1.807) is 0 Å². The molecule has 0 aromatic rings. The molecule has 0 heterocycles. The monoisotopic (exact) mass is 746 g/mol. The van der Waals surface area contributed by atoms with E-state index in [0.29, 0.717) is 12.8 Å². The van der Waals surface area contributed by atoms with E-state index >= 15 is 0 Å². The van der Waals surface area contributed by atoms with E-state index in [0.717, 1.165) is 96.3 Å². The van der Waals surface area contributed by atoms with Crippen LogP contribution in [0.2, 0.25) is 0 Å². The molecule has 0 saturated heterocycles. The van der Waals surface area contributed by atoms with E-state index in [-0.39, 0.29) is 12.5 Å². The first kappa shape index (κ1) is 51.0. The molecule has 0 bridgehead atoms. The fraction of sp³-hybridized carbons (Fsp3) is 0.620. The zero-order valence-corrected chi connectivity index (χ0v) is 34.9. The molecule has 3 N–H and O–H groups in total. The second kappa shape index (κ2) is 44.4. The van der Waals surface area contributed by atoms with E-state index in [2.05, 4.69) is 129 Å². The first-order valence-corrected chi connectivity index (χ1v) is 22.1. The van der Waals surface area contributed by atoms with Crippen molar-refractivity contribution in [3.8, 4) is 0 Å². The average Bonchev–Trinajstić information content (AvgIpc) is 3.18. The number of hydrogen-bond acceptors (Lipinski definition) is 3. The standard InChI is InChI=1S/C50H83NO3/c1-3-5-7-9-11-12-13-14-15-16-17-18-19-20-21-22-23-24-25-26-27-28-29-30-31-32-33-34-35-36-37-38-40-42-44-46-50(54)51-48(47-52)49(53)45-43-41-39-10-8-6-4-2/h5,7,11-12,14-15,17-18,20-21,23-24,26-27,29-30,32-33,48-49,52-53H,3-4,6,8-10,13,16,19,22,25,28,31,34-47H2,1-2H3,(H,51,54)/b7-5-,12-11-,15-14-,18-17-,21-20-,24-23-,27-26-,30-29-,33-32-. The molecule has 54 heavy (non-hydrogen) atoms. The highest BCUT2D eigenvalue weighted by Crippen LogP contribution is 2.13. The van der Waals surface area contributed by atoms with Crippen molar-refractivity contribution in [3.05, 3.63) is 109 Å². The number of rotatable bonds is 38. The van der Waals surface area contributed by atoms with Crippen molar-refractivity contribution in [2.75, 3.05) is 6.61 Å². The maximum absolute atomic E-state index is 12.3. The SMILES string of the molecule is CC/C=C\C/C=C\C/C=C\C/C=C\C/C=C\C/C=C\C/C=C\C/C=C\C/C=C\CCCCCCCCCC(=O)NC(CO)C(O)CCCCCCCCC. The van der Waals surface area contributed by atoms with Crippen molar-refractivity contribution >= 4 is 5.91 Å². The molecule has 0 aliphatic rings. The average molecular weight is 746 g/mol. The van der Waals surface area contributed by atoms with Gasteiger partial charge < -0.3 is 15.5 Å². The van der Waals surface area contributed by atoms with Crippen molar-refractivity contribution in [1.82, 2.24) is 5.32 Å². The normalized spacial score (nSPS) is 14.1. The van der Waals surface area contributed by atoms with Crippen LogP contribution in [0.3, 0.4) is 0 Å². The summed E-state index contributed by atoms with van der Waals surface area (Å²) in [4.78, 5) is 12.3.